The zero-order valence-electron chi connectivity index (χ0n) is 12.2. The third kappa shape index (κ3) is 3.94. The average molecular weight is 311 g/mol. The molecule has 1 heterocycles. The van der Waals surface area contributed by atoms with E-state index in [0.717, 1.165) is 18.0 Å². The van der Waals surface area contributed by atoms with Gasteiger partial charge >= 0.3 is 0 Å². The molecule has 0 amide bonds. The molecule has 2 aromatic rings. The topological polar surface area (TPSA) is 30.9 Å². The summed E-state index contributed by atoms with van der Waals surface area (Å²) in [5.41, 5.74) is 8.52. The Morgan fingerprint density at radius 2 is 2.20 bits per heavy atom. The molecule has 0 fully saturated rings. The minimum atomic E-state index is 0.181. The van der Waals surface area contributed by atoms with Gasteiger partial charge in [-0.05, 0) is 49.0 Å². The molecule has 0 radical (unpaired) electrons. The fraction of sp³-hybridized carbons (Fsp3) is 0.500. The van der Waals surface area contributed by atoms with Gasteiger partial charge in [-0.15, -0.1) is 0 Å². The van der Waals surface area contributed by atoms with Crippen molar-refractivity contribution in [3.63, 3.8) is 0 Å². The van der Waals surface area contributed by atoms with Crippen LogP contribution < -0.4 is 5.73 Å². The third-order valence-corrected chi connectivity index (χ3v) is 4.58. The highest BCUT2D eigenvalue weighted by Gasteiger charge is 2.10. The Labute approximate surface area is 130 Å². The van der Waals surface area contributed by atoms with E-state index in [1.807, 2.05) is 17.8 Å². The van der Waals surface area contributed by atoms with Crippen molar-refractivity contribution in [2.24, 2.45) is 5.73 Å². The van der Waals surface area contributed by atoms with Gasteiger partial charge in [-0.2, -0.15) is 11.8 Å². The van der Waals surface area contributed by atoms with Crippen molar-refractivity contribution in [3.05, 3.63) is 35.0 Å². The van der Waals surface area contributed by atoms with Gasteiger partial charge in [0.05, 0.1) is 0 Å². The Balaban J connectivity index is 2.25. The van der Waals surface area contributed by atoms with E-state index in [0.29, 0.717) is 0 Å². The van der Waals surface area contributed by atoms with Crippen molar-refractivity contribution in [1.82, 2.24) is 4.57 Å². The van der Waals surface area contributed by atoms with Crippen LogP contribution >= 0.6 is 23.4 Å². The molecule has 1 atom stereocenters. The van der Waals surface area contributed by atoms with E-state index >= 15 is 0 Å². The third-order valence-electron chi connectivity index (χ3n) is 3.36. The van der Waals surface area contributed by atoms with Crippen LogP contribution in [0.25, 0.3) is 10.9 Å². The van der Waals surface area contributed by atoms with Gasteiger partial charge in [-0.1, -0.05) is 24.6 Å². The molecule has 2 N–H and O–H groups in total. The molecule has 0 saturated carbocycles. The van der Waals surface area contributed by atoms with Crippen LogP contribution in [0.5, 0.6) is 0 Å². The average Bonchev–Trinajstić information content (AvgIpc) is 2.71. The molecular weight excluding hydrogens is 288 g/mol. The molecule has 110 valence electrons. The summed E-state index contributed by atoms with van der Waals surface area (Å²) in [5.74, 6) is 2.40. The fourth-order valence-electron chi connectivity index (χ4n) is 2.52. The maximum Gasteiger partial charge on any atom is 0.0498 e. The fourth-order valence-corrected chi connectivity index (χ4v) is 3.31. The molecule has 0 spiro atoms. The maximum atomic E-state index is 6.15. The maximum absolute atomic E-state index is 6.15. The lowest BCUT2D eigenvalue weighted by Gasteiger charge is -2.05. The van der Waals surface area contributed by atoms with E-state index in [1.165, 1.54) is 34.4 Å². The van der Waals surface area contributed by atoms with Crippen molar-refractivity contribution < 1.29 is 0 Å². The van der Waals surface area contributed by atoms with E-state index in [4.69, 9.17) is 17.3 Å². The minimum absolute atomic E-state index is 0.181. The predicted molar refractivity (Wildman–Crippen MR) is 91.9 cm³/mol. The highest BCUT2D eigenvalue weighted by molar-refractivity contribution is 7.99. The number of halogens is 1. The number of aromatic nitrogens is 1. The summed E-state index contributed by atoms with van der Waals surface area (Å²) in [6.07, 6.45) is 4.35. The highest BCUT2D eigenvalue weighted by Crippen LogP contribution is 2.26. The van der Waals surface area contributed by atoms with E-state index in [9.17, 15) is 0 Å². The van der Waals surface area contributed by atoms with Crippen LogP contribution in [0, 0.1) is 0 Å². The second kappa shape index (κ2) is 7.39. The normalized spacial score (nSPS) is 13.0. The van der Waals surface area contributed by atoms with E-state index in [2.05, 4.69) is 36.7 Å². The molecule has 20 heavy (non-hydrogen) atoms. The Kier molecular flexibility index (Phi) is 5.82. The predicted octanol–water partition coefficient (Wildman–Crippen LogP) is 4.33. The number of rotatable bonds is 7. The van der Waals surface area contributed by atoms with Crippen molar-refractivity contribution in [2.45, 2.75) is 39.3 Å². The summed E-state index contributed by atoms with van der Waals surface area (Å²) < 4.78 is 2.33. The number of nitrogens with zero attached hydrogens (tertiary/aromatic N) is 1. The Hall–Kier alpha value is -0.640. The van der Waals surface area contributed by atoms with E-state index < -0.39 is 0 Å². The largest absolute Gasteiger partial charge is 0.347 e. The number of nitrogens with two attached hydrogens (primary N) is 1. The van der Waals surface area contributed by atoms with Crippen molar-refractivity contribution >= 4 is 34.3 Å². The zero-order valence-corrected chi connectivity index (χ0v) is 13.8. The van der Waals surface area contributed by atoms with Crippen LogP contribution in [0.4, 0.5) is 0 Å². The molecule has 2 rings (SSSR count). The van der Waals surface area contributed by atoms with Crippen molar-refractivity contribution in [1.29, 1.82) is 0 Å². The Morgan fingerprint density at radius 1 is 1.40 bits per heavy atom. The van der Waals surface area contributed by atoms with Gasteiger partial charge in [0.2, 0.25) is 0 Å². The summed E-state index contributed by atoms with van der Waals surface area (Å²) >= 11 is 8.14. The van der Waals surface area contributed by atoms with Gasteiger partial charge < -0.3 is 10.3 Å². The number of thioether (sulfide) groups is 1. The van der Waals surface area contributed by atoms with Crippen LogP contribution in [0.15, 0.2) is 24.4 Å². The molecule has 2 nitrogen and oxygen atoms in total. The monoisotopic (exact) mass is 310 g/mol. The molecule has 0 aliphatic carbocycles. The SMILES string of the molecule is CCSCCCn1cc(CC(C)N)c2ccc(Cl)cc21. The van der Waals surface area contributed by atoms with Gasteiger partial charge in [-0.25, -0.2) is 0 Å². The lowest BCUT2D eigenvalue weighted by atomic mass is 10.1. The smallest absolute Gasteiger partial charge is 0.0498 e. The number of aryl methyl sites for hydroxylation is 1. The molecule has 1 aromatic heterocycles. The van der Waals surface area contributed by atoms with Crippen LogP contribution in [0.1, 0.15) is 25.8 Å². The lowest BCUT2D eigenvalue weighted by Crippen LogP contribution is -2.17. The molecule has 0 aliphatic heterocycles. The van der Waals surface area contributed by atoms with Gasteiger partial charge in [-0.3, -0.25) is 0 Å². The molecule has 1 unspecified atom stereocenters. The van der Waals surface area contributed by atoms with E-state index in [-0.39, 0.29) is 6.04 Å². The Morgan fingerprint density at radius 3 is 2.90 bits per heavy atom. The molecule has 0 saturated heterocycles. The molecular formula is C16H23ClN2S. The zero-order chi connectivity index (χ0) is 14.5. The minimum Gasteiger partial charge on any atom is -0.347 e. The molecule has 1 aromatic carbocycles. The lowest BCUT2D eigenvalue weighted by molar-refractivity contribution is 0.696. The van der Waals surface area contributed by atoms with Gasteiger partial charge in [0.25, 0.3) is 0 Å². The highest BCUT2D eigenvalue weighted by atomic mass is 35.5. The number of hydrogen-bond acceptors (Lipinski definition) is 2. The van der Waals surface area contributed by atoms with Crippen LogP contribution in [-0.2, 0) is 13.0 Å². The summed E-state index contributed by atoms with van der Waals surface area (Å²) in [6, 6.07) is 6.33. The summed E-state index contributed by atoms with van der Waals surface area (Å²) in [7, 11) is 0. The van der Waals surface area contributed by atoms with Gasteiger partial charge in [0, 0.05) is 34.7 Å². The second-order valence-corrected chi connectivity index (χ2v) is 7.07. The van der Waals surface area contributed by atoms with Crippen LogP contribution in [0.2, 0.25) is 5.02 Å². The number of fused-ring (bicyclic) bond motifs is 1. The number of hydrogen-bond donors (Lipinski definition) is 1. The first-order valence-electron chi connectivity index (χ1n) is 7.22. The van der Waals surface area contributed by atoms with Crippen LogP contribution in [-0.4, -0.2) is 22.1 Å². The standard InChI is InChI=1S/C16H23ClN2S/c1-3-20-8-4-7-19-11-13(9-12(2)18)15-6-5-14(17)10-16(15)19/h5-6,10-12H,3-4,7-9,18H2,1-2H3. The Bertz CT molecular complexity index is 563. The molecule has 4 heteroatoms. The van der Waals surface area contributed by atoms with Gasteiger partial charge in [0.1, 0.15) is 0 Å². The van der Waals surface area contributed by atoms with Crippen LogP contribution in [0.3, 0.4) is 0 Å². The first-order chi connectivity index (χ1) is 9.61. The summed E-state index contributed by atoms with van der Waals surface area (Å²) in [4.78, 5) is 0. The summed E-state index contributed by atoms with van der Waals surface area (Å²) in [5, 5.41) is 2.09. The number of benzene rings is 1. The molecule has 0 aliphatic rings. The van der Waals surface area contributed by atoms with Crippen molar-refractivity contribution in [3.8, 4) is 0 Å². The van der Waals surface area contributed by atoms with E-state index in [1.54, 1.807) is 0 Å². The van der Waals surface area contributed by atoms with Crippen molar-refractivity contribution in [2.75, 3.05) is 11.5 Å². The molecule has 0 bridgehead atoms. The second-order valence-electron chi connectivity index (χ2n) is 5.24. The quantitative estimate of drug-likeness (QED) is 0.772. The first kappa shape index (κ1) is 15.7. The first-order valence-corrected chi connectivity index (χ1v) is 8.75. The van der Waals surface area contributed by atoms with Gasteiger partial charge in [0.15, 0.2) is 0 Å². The summed E-state index contributed by atoms with van der Waals surface area (Å²) in [6.45, 7) is 5.30.